The van der Waals surface area contributed by atoms with Crippen LogP contribution in [0.25, 0.3) is 0 Å². The Morgan fingerprint density at radius 1 is 1.12 bits per heavy atom. The van der Waals surface area contributed by atoms with E-state index in [9.17, 15) is 13.6 Å². The summed E-state index contributed by atoms with van der Waals surface area (Å²) < 4.78 is 38.8. The molecule has 6 nitrogen and oxygen atoms in total. The molecular formula is C25H31F2N3O3. The van der Waals surface area contributed by atoms with Gasteiger partial charge in [0.2, 0.25) is 5.89 Å². The maximum Gasteiger partial charge on any atom is 0.289 e. The predicted octanol–water partition coefficient (Wildman–Crippen LogP) is 4.74. The number of hydrogen-bond donors (Lipinski definition) is 1. The lowest BCUT2D eigenvalue weighted by atomic mass is 9.86. The number of fused-ring (bicyclic) bond motifs is 1. The Hall–Kier alpha value is -2.32. The Labute approximate surface area is 192 Å². The van der Waals surface area contributed by atoms with E-state index in [1.54, 1.807) is 0 Å². The van der Waals surface area contributed by atoms with Crippen LogP contribution in [0, 0.1) is 23.5 Å². The van der Waals surface area contributed by atoms with Crippen molar-refractivity contribution in [2.75, 3.05) is 6.54 Å². The summed E-state index contributed by atoms with van der Waals surface area (Å²) in [5.41, 5.74) is 0.762. The fourth-order valence-electron chi connectivity index (χ4n) is 5.87. The van der Waals surface area contributed by atoms with Gasteiger partial charge in [-0.15, -0.1) is 0 Å². The molecule has 2 aliphatic heterocycles. The van der Waals surface area contributed by atoms with Crippen molar-refractivity contribution in [2.24, 2.45) is 17.7 Å². The smallest absolute Gasteiger partial charge is 0.289 e. The SMILES string of the molecule is NN(CCCC1CCCCC1)C(=O)c1coc([C@@H]2[C@H](Cc3cc(F)cc(F)c3)[C@H]3C[C@@H]2O3)n1. The fraction of sp³-hybridized carbons (Fsp3) is 0.600. The minimum atomic E-state index is -0.594. The molecule has 2 aromatic rings. The average molecular weight is 460 g/mol. The number of oxazole rings is 1. The molecule has 0 spiro atoms. The van der Waals surface area contributed by atoms with Crippen LogP contribution in [0.5, 0.6) is 0 Å². The third kappa shape index (κ3) is 4.82. The normalized spacial score (nSPS) is 26.9. The molecule has 4 aliphatic rings. The maximum absolute atomic E-state index is 13.6. The predicted molar refractivity (Wildman–Crippen MR) is 117 cm³/mol. The average Bonchev–Trinajstić information content (AvgIpc) is 3.45. The quantitative estimate of drug-likeness (QED) is 0.350. The molecule has 178 valence electrons. The first-order chi connectivity index (χ1) is 16.0. The molecule has 0 unspecified atom stereocenters. The van der Waals surface area contributed by atoms with Crippen LogP contribution in [-0.2, 0) is 11.2 Å². The highest BCUT2D eigenvalue weighted by Crippen LogP contribution is 2.52. The van der Waals surface area contributed by atoms with Gasteiger partial charge in [-0.3, -0.25) is 9.80 Å². The summed E-state index contributed by atoms with van der Waals surface area (Å²) in [6, 6.07) is 3.56. The van der Waals surface area contributed by atoms with Crippen molar-refractivity contribution in [3.63, 3.8) is 0 Å². The monoisotopic (exact) mass is 459 g/mol. The summed E-state index contributed by atoms with van der Waals surface area (Å²) in [4.78, 5) is 17.2. The molecule has 2 aliphatic carbocycles. The number of rotatable bonds is 8. The number of halogens is 2. The highest BCUT2D eigenvalue weighted by atomic mass is 19.1. The molecule has 4 fully saturated rings. The van der Waals surface area contributed by atoms with Gasteiger partial charge in [-0.25, -0.2) is 19.6 Å². The van der Waals surface area contributed by atoms with Crippen LogP contribution in [0.4, 0.5) is 8.78 Å². The summed E-state index contributed by atoms with van der Waals surface area (Å²) >= 11 is 0. The first kappa shape index (κ1) is 22.5. The fourth-order valence-corrected chi connectivity index (χ4v) is 5.87. The van der Waals surface area contributed by atoms with Crippen LogP contribution in [0.1, 0.15) is 79.2 Å². The first-order valence-electron chi connectivity index (χ1n) is 12.1. The Morgan fingerprint density at radius 3 is 2.58 bits per heavy atom. The van der Waals surface area contributed by atoms with E-state index in [1.165, 1.54) is 55.5 Å². The molecule has 3 heterocycles. The van der Waals surface area contributed by atoms with E-state index in [4.69, 9.17) is 15.0 Å². The van der Waals surface area contributed by atoms with Crippen molar-refractivity contribution in [1.82, 2.24) is 9.99 Å². The second kappa shape index (κ2) is 9.50. The van der Waals surface area contributed by atoms with Crippen molar-refractivity contribution < 1.29 is 22.7 Å². The van der Waals surface area contributed by atoms with Gasteiger partial charge in [-0.1, -0.05) is 32.1 Å². The van der Waals surface area contributed by atoms with Crippen LogP contribution in [0.2, 0.25) is 0 Å². The second-order valence-corrected chi connectivity index (χ2v) is 9.84. The van der Waals surface area contributed by atoms with Gasteiger partial charge in [-0.2, -0.15) is 0 Å². The Kier molecular flexibility index (Phi) is 6.47. The number of hydrogen-bond acceptors (Lipinski definition) is 5. The third-order valence-corrected chi connectivity index (χ3v) is 7.57. The maximum atomic E-state index is 13.6. The number of nitrogens with zero attached hydrogens (tertiary/aromatic N) is 2. The van der Waals surface area contributed by atoms with Crippen LogP contribution < -0.4 is 5.84 Å². The van der Waals surface area contributed by atoms with E-state index < -0.39 is 11.6 Å². The lowest BCUT2D eigenvalue weighted by Gasteiger charge is -2.26. The van der Waals surface area contributed by atoms with Gasteiger partial charge in [0.15, 0.2) is 5.69 Å². The van der Waals surface area contributed by atoms with Crippen LogP contribution in [0.15, 0.2) is 28.9 Å². The topological polar surface area (TPSA) is 81.6 Å². The second-order valence-electron chi connectivity index (χ2n) is 9.84. The molecule has 2 saturated carbocycles. The summed E-state index contributed by atoms with van der Waals surface area (Å²) in [6.07, 6.45) is 11.1. The van der Waals surface area contributed by atoms with Gasteiger partial charge in [-0.05, 0) is 42.9 Å². The van der Waals surface area contributed by atoms with E-state index in [2.05, 4.69) is 4.98 Å². The van der Waals surface area contributed by atoms with Crippen molar-refractivity contribution in [3.05, 3.63) is 53.2 Å². The lowest BCUT2D eigenvalue weighted by Crippen LogP contribution is -2.38. The number of carbonyl (C=O) groups excluding carboxylic acids is 1. The van der Waals surface area contributed by atoms with Crippen molar-refractivity contribution >= 4 is 5.91 Å². The lowest BCUT2D eigenvalue weighted by molar-refractivity contribution is -0.0777. The first-order valence-corrected chi connectivity index (χ1v) is 12.1. The van der Waals surface area contributed by atoms with E-state index in [-0.39, 0.29) is 35.6 Å². The zero-order chi connectivity index (χ0) is 22.9. The Bertz CT molecular complexity index is 965. The summed E-state index contributed by atoms with van der Waals surface area (Å²) in [5, 5.41) is 1.22. The number of hydrazine groups is 1. The molecule has 1 amide bonds. The minimum Gasteiger partial charge on any atom is -0.448 e. The molecular weight excluding hydrogens is 428 g/mol. The largest absolute Gasteiger partial charge is 0.448 e. The highest BCUT2D eigenvalue weighted by Gasteiger charge is 2.56. The number of amides is 1. The van der Waals surface area contributed by atoms with Gasteiger partial charge in [0.25, 0.3) is 5.91 Å². The van der Waals surface area contributed by atoms with Gasteiger partial charge in [0.05, 0.1) is 18.1 Å². The third-order valence-electron chi connectivity index (χ3n) is 7.57. The molecule has 6 rings (SSSR count). The van der Waals surface area contributed by atoms with Gasteiger partial charge >= 0.3 is 0 Å². The molecule has 0 radical (unpaired) electrons. The summed E-state index contributed by atoms with van der Waals surface area (Å²) in [6.45, 7) is 0.489. The molecule has 4 atom stereocenters. The zero-order valence-electron chi connectivity index (χ0n) is 18.7. The number of nitrogens with two attached hydrogens (primary N) is 1. The van der Waals surface area contributed by atoms with Crippen LogP contribution in [0.3, 0.4) is 0 Å². The minimum absolute atomic E-state index is 0.00294. The standard InChI is InChI=1S/C25H31F2N3O3/c26-17-9-16(10-18(27)12-17)11-19-21-13-22(33-21)23(19)24-29-20(14-32-24)25(31)30(28)8-4-7-15-5-2-1-3-6-15/h9-10,12,14-15,19,21-23H,1-8,11,13,28H2/t19-,21-,22+,23-/m1/s1. The van der Waals surface area contributed by atoms with Crippen LogP contribution >= 0.6 is 0 Å². The molecule has 33 heavy (non-hydrogen) atoms. The number of benzene rings is 1. The van der Waals surface area contributed by atoms with E-state index in [0.29, 0.717) is 24.4 Å². The van der Waals surface area contributed by atoms with Gasteiger partial charge in [0, 0.05) is 24.9 Å². The Balaban J connectivity index is 1.20. The molecule has 2 saturated heterocycles. The van der Waals surface area contributed by atoms with Gasteiger partial charge in [0.1, 0.15) is 17.9 Å². The number of carbonyl (C=O) groups is 1. The highest BCUT2D eigenvalue weighted by molar-refractivity contribution is 5.91. The zero-order valence-corrected chi connectivity index (χ0v) is 18.7. The van der Waals surface area contributed by atoms with Crippen LogP contribution in [-0.4, -0.2) is 34.7 Å². The van der Waals surface area contributed by atoms with Crippen molar-refractivity contribution in [2.45, 2.75) is 75.9 Å². The molecule has 1 aromatic heterocycles. The summed E-state index contributed by atoms with van der Waals surface area (Å²) in [7, 11) is 0. The number of aromatic nitrogens is 1. The number of ether oxygens (including phenoxy) is 1. The van der Waals surface area contributed by atoms with E-state index in [0.717, 1.165) is 31.2 Å². The molecule has 2 bridgehead atoms. The van der Waals surface area contributed by atoms with Gasteiger partial charge < -0.3 is 9.15 Å². The van der Waals surface area contributed by atoms with E-state index >= 15 is 0 Å². The molecule has 8 heteroatoms. The molecule has 1 aromatic carbocycles. The summed E-state index contributed by atoms with van der Waals surface area (Å²) in [5.74, 6) is 5.50. The van der Waals surface area contributed by atoms with E-state index in [1.807, 2.05) is 0 Å². The van der Waals surface area contributed by atoms with Crippen molar-refractivity contribution in [1.29, 1.82) is 0 Å². The van der Waals surface area contributed by atoms with Crippen molar-refractivity contribution in [3.8, 4) is 0 Å². The Morgan fingerprint density at radius 2 is 1.85 bits per heavy atom. The molecule has 2 N–H and O–H groups in total.